The highest BCUT2D eigenvalue weighted by Gasteiger charge is 2.44. The van der Waals surface area contributed by atoms with Crippen molar-refractivity contribution in [1.29, 1.82) is 0 Å². The summed E-state index contributed by atoms with van der Waals surface area (Å²) in [7, 11) is 0. The lowest BCUT2D eigenvalue weighted by Gasteiger charge is -2.53. The van der Waals surface area contributed by atoms with Crippen LogP contribution in [0.15, 0.2) is 0 Å². The van der Waals surface area contributed by atoms with Crippen LogP contribution in [0.2, 0.25) is 0 Å². The summed E-state index contributed by atoms with van der Waals surface area (Å²) < 4.78 is 0. The quantitative estimate of drug-likeness (QED) is 0.0682. The van der Waals surface area contributed by atoms with Gasteiger partial charge in [0.1, 0.15) is 0 Å². The van der Waals surface area contributed by atoms with Crippen molar-refractivity contribution in [2.45, 2.75) is 244 Å². The molecule has 1 unspecified atom stereocenters. The molecule has 1 saturated heterocycles. The minimum Gasteiger partial charge on any atom is -0.329 e. The highest BCUT2D eigenvalue weighted by molar-refractivity contribution is 5.03. The molecule has 3 heteroatoms. The van der Waals surface area contributed by atoms with Crippen LogP contribution in [0.25, 0.3) is 0 Å². The lowest BCUT2D eigenvalue weighted by Crippen LogP contribution is -2.67. The monoisotopic (exact) mass is 634 g/mol. The Balaban J connectivity index is 2.61. The van der Waals surface area contributed by atoms with E-state index in [0.717, 1.165) is 19.6 Å². The van der Waals surface area contributed by atoms with Gasteiger partial charge in [-0.3, -0.25) is 4.90 Å². The third-order valence-electron chi connectivity index (χ3n) is 11.2. The van der Waals surface area contributed by atoms with Gasteiger partial charge in [0.05, 0.1) is 0 Å². The predicted octanol–water partition coefficient (Wildman–Crippen LogP) is 12.9. The first kappa shape index (κ1) is 42.9. The van der Waals surface area contributed by atoms with Crippen LogP contribution in [0.4, 0.5) is 0 Å². The number of rotatable bonds is 35. The largest absolute Gasteiger partial charge is 0.329 e. The van der Waals surface area contributed by atoms with Crippen LogP contribution in [0, 0.1) is 0 Å². The molecule has 0 aromatic heterocycles. The Labute approximate surface area is 285 Å². The van der Waals surface area contributed by atoms with Gasteiger partial charge in [0, 0.05) is 37.8 Å². The molecule has 0 aliphatic carbocycles. The van der Waals surface area contributed by atoms with E-state index in [-0.39, 0.29) is 0 Å². The van der Waals surface area contributed by atoms with Crippen LogP contribution in [0.3, 0.4) is 0 Å². The molecule has 0 radical (unpaired) electrons. The standard InChI is InChI=1S/C42H87N3/c1-4-7-10-13-16-19-22-25-28-31-34-41-42(45(39-37-43)40-38-44-41,35-32-29-26-23-20-17-14-11-8-5-2)36-33-30-27-24-21-18-15-12-9-6-3/h41,44H,4-40,43H2,1-3H3. The second-order valence-electron chi connectivity index (χ2n) is 15.2. The molecule has 270 valence electrons. The number of piperazine rings is 1. The van der Waals surface area contributed by atoms with Gasteiger partial charge < -0.3 is 11.1 Å². The zero-order valence-corrected chi connectivity index (χ0v) is 31.8. The third-order valence-corrected chi connectivity index (χ3v) is 11.2. The molecule has 0 bridgehead atoms. The fraction of sp³-hybridized carbons (Fsp3) is 1.00. The zero-order valence-electron chi connectivity index (χ0n) is 31.8. The van der Waals surface area contributed by atoms with Crippen molar-refractivity contribution in [3.8, 4) is 0 Å². The molecule has 1 rings (SSSR count). The van der Waals surface area contributed by atoms with Crippen molar-refractivity contribution in [3.63, 3.8) is 0 Å². The van der Waals surface area contributed by atoms with Crippen molar-refractivity contribution in [3.05, 3.63) is 0 Å². The first-order chi connectivity index (χ1) is 22.2. The Hall–Kier alpha value is -0.120. The minimum absolute atomic E-state index is 0.331. The molecule has 0 amide bonds. The van der Waals surface area contributed by atoms with E-state index in [4.69, 9.17) is 5.73 Å². The van der Waals surface area contributed by atoms with E-state index in [9.17, 15) is 0 Å². The summed E-state index contributed by atoms with van der Waals surface area (Å²) in [6, 6.07) is 0.656. The zero-order chi connectivity index (χ0) is 32.5. The molecular formula is C42H87N3. The van der Waals surface area contributed by atoms with E-state index in [1.54, 1.807) is 0 Å². The predicted molar refractivity (Wildman–Crippen MR) is 205 cm³/mol. The van der Waals surface area contributed by atoms with E-state index in [0.29, 0.717) is 11.6 Å². The number of nitrogens with one attached hydrogen (secondary N) is 1. The fourth-order valence-electron chi connectivity index (χ4n) is 8.33. The first-order valence-corrected chi connectivity index (χ1v) is 21.4. The highest BCUT2D eigenvalue weighted by Crippen LogP contribution is 2.37. The van der Waals surface area contributed by atoms with Gasteiger partial charge in [-0.05, 0) is 19.3 Å². The van der Waals surface area contributed by atoms with Crippen molar-refractivity contribution < 1.29 is 0 Å². The van der Waals surface area contributed by atoms with Gasteiger partial charge in [0.25, 0.3) is 0 Å². The van der Waals surface area contributed by atoms with E-state index in [1.807, 2.05) is 0 Å². The maximum atomic E-state index is 6.28. The van der Waals surface area contributed by atoms with Gasteiger partial charge >= 0.3 is 0 Å². The molecule has 45 heavy (non-hydrogen) atoms. The second kappa shape index (κ2) is 32.4. The van der Waals surface area contributed by atoms with Gasteiger partial charge in [-0.25, -0.2) is 0 Å². The average molecular weight is 634 g/mol. The molecule has 0 saturated carbocycles. The summed E-state index contributed by atoms with van der Waals surface area (Å²) in [5.74, 6) is 0. The summed E-state index contributed by atoms with van der Waals surface area (Å²) in [4.78, 5) is 2.89. The van der Waals surface area contributed by atoms with Crippen LogP contribution < -0.4 is 11.1 Å². The normalized spacial score (nSPS) is 16.9. The summed E-state index contributed by atoms with van der Waals surface area (Å²) in [5, 5.41) is 4.12. The maximum absolute atomic E-state index is 6.28. The molecule has 0 spiro atoms. The van der Waals surface area contributed by atoms with Gasteiger partial charge in [-0.15, -0.1) is 0 Å². The lowest BCUT2D eigenvalue weighted by molar-refractivity contribution is -0.000354. The third kappa shape index (κ3) is 22.2. The van der Waals surface area contributed by atoms with Crippen molar-refractivity contribution >= 4 is 0 Å². The molecule has 0 aromatic carbocycles. The number of nitrogens with two attached hydrogens (primary N) is 1. The summed E-state index contributed by atoms with van der Waals surface area (Å²) >= 11 is 0. The van der Waals surface area contributed by atoms with Crippen LogP contribution in [0.1, 0.15) is 233 Å². The molecule has 1 atom stereocenters. The molecule has 0 aromatic rings. The molecule has 1 fully saturated rings. The van der Waals surface area contributed by atoms with Crippen LogP contribution in [0.5, 0.6) is 0 Å². The Morgan fingerprint density at radius 1 is 0.489 bits per heavy atom. The second-order valence-corrected chi connectivity index (χ2v) is 15.2. The number of hydrogen-bond donors (Lipinski definition) is 2. The minimum atomic E-state index is 0.331. The van der Waals surface area contributed by atoms with E-state index >= 15 is 0 Å². The van der Waals surface area contributed by atoms with Crippen LogP contribution in [-0.2, 0) is 0 Å². The average Bonchev–Trinajstić information content (AvgIpc) is 3.05. The summed E-state index contributed by atoms with van der Waals surface area (Å²) in [5.41, 5.74) is 6.61. The molecule has 1 aliphatic rings. The number of nitrogens with zero attached hydrogens (tertiary/aromatic N) is 1. The lowest BCUT2D eigenvalue weighted by atomic mass is 9.75. The Morgan fingerprint density at radius 2 is 0.822 bits per heavy atom. The Morgan fingerprint density at radius 3 is 1.18 bits per heavy atom. The smallest absolute Gasteiger partial charge is 0.0363 e. The van der Waals surface area contributed by atoms with Crippen molar-refractivity contribution in [2.24, 2.45) is 5.73 Å². The maximum Gasteiger partial charge on any atom is 0.0363 e. The number of hydrogen-bond acceptors (Lipinski definition) is 3. The molecule has 1 aliphatic heterocycles. The van der Waals surface area contributed by atoms with Crippen molar-refractivity contribution in [2.75, 3.05) is 26.2 Å². The summed E-state index contributed by atoms with van der Waals surface area (Å²) in [6.07, 6.45) is 47.1. The van der Waals surface area contributed by atoms with Gasteiger partial charge in [0.15, 0.2) is 0 Å². The molecule has 1 heterocycles. The van der Waals surface area contributed by atoms with Crippen molar-refractivity contribution in [1.82, 2.24) is 10.2 Å². The van der Waals surface area contributed by atoms with E-state index in [1.165, 1.54) is 218 Å². The fourth-order valence-corrected chi connectivity index (χ4v) is 8.33. The van der Waals surface area contributed by atoms with Crippen LogP contribution in [-0.4, -0.2) is 42.7 Å². The summed E-state index contributed by atoms with van der Waals surface area (Å²) in [6.45, 7) is 11.2. The molecular weight excluding hydrogens is 546 g/mol. The Kier molecular flexibility index (Phi) is 30.9. The van der Waals surface area contributed by atoms with Gasteiger partial charge in [0.2, 0.25) is 0 Å². The molecule has 3 N–H and O–H groups in total. The highest BCUT2D eigenvalue weighted by atomic mass is 15.3. The SMILES string of the molecule is CCCCCCCCCCCCC1NCCN(CCN)C1(CCCCCCCCCCCC)CCCCCCCCCCCC. The topological polar surface area (TPSA) is 41.3 Å². The van der Waals surface area contributed by atoms with E-state index < -0.39 is 0 Å². The van der Waals surface area contributed by atoms with Gasteiger partial charge in [-0.2, -0.15) is 0 Å². The van der Waals surface area contributed by atoms with Gasteiger partial charge in [-0.1, -0.05) is 213 Å². The number of unbranched alkanes of at least 4 members (excludes halogenated alkanes) is 27. The molecule has 3 nitrogen and oxygen atoms in total. The van der Waals surface area contributed by atoms with E-state index in [2.05, 4.69) is 31.0 Å². The van der Waals surface area contributed by atoms with Crippen LogP contribution >= 0.6 is 0 Å². The first-order valence-electron chi connectivity index (χ1n) is 21.4. The Bertz CT molecular complexity index is 552.